The predicted octanol–water partition coefficient (Wildman–Crippen LogP) is 0.0521. The Bertz CT molecular complexity index is 275. The van der Waals surface area contributed by atoms with Crippen LogP contribution in [0.15, 0.2) is 0 Å². The number of likely N-dealkylation sites (N-methyl/N-ethyl adjacent to an activating group) is 1. The van der Waals surface area contributed by atoms with E-state index in [1.807, 2.05) is 0 Å². The summed E-state index contributed by atoms with van der Waals surface area (Å²) in [5.74, 6) is -0.292. The van der Waals surface area contributed by atoms with Crippen LogP contribution < -0.4 is 11.1 Å². The summed E-state index contributed by atoms with van der Waals surface area (Å²) in [4.78, 5) is 11.6. The van der Waals surface area contributed by atoms with Gasteiger partial charge in [0.2, 0.25) is 5.91 Å². The van der Waals surface area contributed by atoms with Crippen LogP contribution >= 0.6 is 0 Å². The molecule has 0 radical (unpaired) electrons. The lowest BCUT2D eigenvalue weighted by molar-refractivity contribution is -0.128. The third-order valence-electron chi connectivity index (χ3n) is 3.67. The maximum atomic E-state index is 11.6. The molecule has 0 bridgehead atoms. The van der Waals surface area contributed by atoms with Crippen molar-refractivity contribution in [2.45, 2.75) is 37.3 Å². The first kappa shape index (κ1) is 16.4. The number of methoxy groups -OCH3 is 1. The fourth-order valence-electron chi connectivity index (χ4n) is 2.46. The van der Waals surface area contributed by atoms with E-state index < -0.39 is 5.54 Å². The molecular formula is C13H26N2O4. The minimum absolute atomic E-state index is 0.0692. The van der Waals surface area contributed by atoms with Crippen molar-refractivity contribution in [2.75, 3.05) is 40.6 Å². The van der Waals surface area contributed by atoms with Gasteiger partial charge in [0, 0.05) is 13.5 Å². The van der Waals surface area contributed by atoms with Gasteiger partial charge >= 0.3 is 0 Å². The molecule has 6 nitrogen and oxygen atoms in total. The molecule has 19 heavy (non-hydrogen) atoms. The lowest BCUT2D eigenvalue weighted by atomic mass is 9.79. The summed E-state index contributed by atoms with van der Waals surface area (Å²) in [6.45, 7) is 2.25. The standard InChI is InChI=1S/C13H26N2O4/c1-15-13(12(14)16)5-3-4-11(10-13)19-9-8-18-7-6-17-2/h11,15H,3-10H2,1-2H3,(H2,14,16). The number of ether oxygens (including phenoxy) is 3. The largest absolute Gasteiger partial charge is 0.382 e. The highest BCUT2D eigenvalue weighted by molar-refractivity contribution is 5.84. The van der Waals surface area contributed by atoms with Gasteiger partial charge in [0.15, 0.2) is 0 Å². The Morgan fingerprint density at radius 1 is 1.37 bits per heavy atom. The molecule has 1 fully saturated rings. The van der Waals surface area contributed by atoms with Crippen molar-refractivity contribution >= 4 is 5.91 Å². The lowest BCUT2D eigenvalue weighted by Gasteiger charge is -2.38. The van der Waals surface area contributed by atoms with Gasteiger partial charge in [-0.3, -0.25) is 4.79 Å². The third kappa shape index (κ3) is 5.06. The Morgan fingerprint density at radius 3 is 2.74 bits per heavy atom. The molecule has 112 valence electrons. The summed E-state index contributed by atoms with van der Waals surface area (Å²) in [6, 6.07) is 0. The molecule has 0 aromatic carbocycles. The summed E-state index contributed by atoms with van der Waals surface area (Å²) in [5.41, 5.74) is 4.88. The molecular weight excluding hydrogens is 248 g/mol. The molecule has 1 aliphatic rings. The number of rotatable bonds is 9. The summed E-state index contributed by atoms with van der Waals surface area (Å²) < 4.78 is 16.0. The quantitative estimate of drug-likeness (QED) is 0.581. The van der Waals surface area contributed by atoms with E-state index >= 15 is 0 Å². The summed E-state index contributed by atoms with van der Waals surface area (Å²) in [7, 11) is 3.42. The number of carbonyl (C=O) groups is 1. The van der Waals surface area contributed by atoms with Crippen molar-refractivity contribution in [3.63, 3.8) is 0 Å². The molecule has 1 rings (SSSR count). The van der Waals surface area contributed by atoms with Crippen LogP contribution in [-0.4, -0.2) is 58.1 Å². The van der Waals surface area contributed by atoms with Gasteiger partial charge in [-0.05, 0) is 26.3 Å². The summed E-state index contributed by atoms with van der Waals surface area (Å²) in [6.07, 6.45) is 3.40. The molecule has 1 aliphatic carbocycles. The van der Waals surface area contributed by atoms with E-state index in [4.69, 9.17) is 19.9 Å². The maximum Gasteiger partial charge on any atom is 0.237 e. The molecule has 0 heterocycles. The number of hydrogen-bond donors (Lipinski definition) is 2. The van der Waals surface area contributed by atoms with E-state index in [9.17, 15) is 4.79 Å². The van der Waals surface area contributed by atoms with E-state index in [-0.39, 0.29) is 12.0 Å². The Morgan fingerprint density at radius 2 is 2.11 bits per heavy atom. The van der Waals surface area contributed by atoms with Crippen molar-refractivity contribution in [3.8, 4) is 0 Å². The molecule has 0 spiro atoms. The van der Waals surface area contributed by atoms with Crippen LogP contribution in [-0.2, 0) is 19.0 Å². The molecule has 6 heteroatoms. The minimum atomic E-state index is -0.611. The molecule has 2 unspecified atom stereocenters. The van der Waals surface area contributed by atoms with Crippen LogP contribution in [0.5, 0.6) is 0 Å². The van der Waals surface area contributed by atoms with Crippen molar-refractivity contribution in [1.29, 1.82) is 0 Å². The Balaban J connectivity index is 2.25. The monoisotopic (exact) mass is 274 g/mol. The molecule has 3 N–H and O–H groups in total. The number of primary amides is 1. The minimum Gasteiger partial charge on any atom is -0.382 e. The lowest BCUT2D eigenvalue weighted by Crippen LogP contribution is -2.57. The van der Waals surface area contributed by atoms with E-state index in [2.05, 4.69) is 5.32 Å². The molecule has 1 saturated carbocycles. The third-order valence-corrected chi connectivity index (χ3v) is 3.67. The predicted molar refractivity (Wildman–Crippen MR) is 71.9 cm³/mol. The average molecular weight is 274 g/mol. The fourth-order valence-corrected chi connectivity index (χ4v) is 2.46. The highest BCUT2D eigenvalue weighted by Gasteiger charge is 2.40. The number of carbonyl (C=O) groups excluding carboxylic acids is 1. The van der Waals surface area contributed by atoms with Gasteiger partial charge in [0.1, 0.15) is 0 Å². The van der Waals surface area contributed by atoms with Crippen LogP contribution in [0.4, 0.5) is 0 Å². The number of amides is 1. The second-order valence-electron chi connectivity index (χ2n) is 4.89. The zero-order valence-electron chi connectivity index (χ0n) is 11.9. The van der Waals surface area contributed by atoms with Gasteiger partial charge in [0.05, 0.1) is 38.1 Å². The zero-order valence-corrected chi connectivity index (χ0v) is 11.9. The highest BCUT2D eigenvalue weighted by Crippen LogP contribution is 2.29. The first-order valence-electron chi connectivity index (χ1n) is 6.82. The highest BCUT2D eigenvalue weighted by atomic mass is 16.5. The van der Waals surface area contributed by atoms with Crippen LogP contribution in [0.25, 0.3) is 0 Å². The van der Waals surface area contributed by atoms with Gasteiger partial charge in [-0.2, -0.15) is 0 Å². The van der Waals surface area contributed by atoms with Crippen molar-refractivity contribution in [3.05, 3.63) is 0 Å². The van der Waals surface area contributed by atoms with Gasteiger partial charge in [0.25, 0.3) is 0 Å². The van der Waals surface area contributed by atoms with Gasteiger partial charge in [-0.25, -0.2) is 0 Å². The molecule has 0 saturated heterocycles. The zero-order chi connectivity index (χ0) is 14.1. The second-order valence-corrected chi connectivity index (χ2v) is 4.89. The van der Waals surface area contributed by atoms with E-state index in [0.29, 0.717) is 32.8 Å². The number of hydrogen-bond acceptors (Lipinski definition) is 5. The number of nitrogens with two attached hydrogens (primary N) is 1. The normalized spacial score (nSPS) is 27.4. The smallest absolute Gasteiger partial charge is 0.237 e. The second kappa shape index (κ2) is 8.47. The van der Waals surface area contributed by atoms with Crippen LogP contribution in [0, 0.1) is 0 Å². The van der Waals surface area contributed by atoms with Gasteiger partial charge < -0.3 is 25.3 Å². The Hall–Kier alpha value is -0.690. The first-order chi connectivity index (χ1) is 9.14. The SMILES string of the molecule is CNC1(C(N)=O)CCCC(OCCOCCOC)C1. The summed E-state index contributed by atoms with van der Waals surface area (Å²) in [5, 5.41) is 3.06. The van der Waals surface area contributed by atoms with Crippen LogP contribution in [0.1, 0.15) is 25.7 Å². The van der Waals surface area contributed by atoms with Gasteiger partial charge in [-0.1, -0.05) is 0 Å². The molecule has 0 aliphatic heterocycles. The molecule has 1 amide bonds. The van der Waals surface area contributed by atoms with Crippen molar-refractivity contribution in [1.82, 2.24) is 5.32 Å². The molecule has 2 atom stereocenters. The first-order valence-corrected chi connectivity index (χ1v) is 6.82. The van der Waals surface area contributed by atoms with E-state index in [1.165, 1.54) is 0 Å². The summed E-state index contributed by atoms with van der Waals surface area (Å²) >= 11 is 0. The van der Waals surface area contributed by atoms with Gasteiger partial charge in [-0.15, -0.1) is 0 Å². The average Bonchev–Trinajstić information content (AvgIpc) is 2.42. The van der Waals surface area contributed by atoms with Crippen molar-refractivity contribution < 1.29 is 19.0 Å². The Kier molecular flexibility index (Phi) is 7.30. The molecule has 0 aromatic rings. The topological polar surface area (TPSA) is 82.8 Å². The van der Waals surface area contributed by atoms with E-state index in [0.717, 1.165) is 19.3 Å². The fraction of sp³-hybridized carbons (Fsp3) is 0.923. The maximum absolute atomic E-state index is 11.6. The molecule has 0 aromatic heterocycles. The van der Waals surface area contributed by atoms with E-state index in [1.54, 1.807) is 14.2 Å². The number of nitrogens with one attached hydrogen (secondary N) is 1. The van der Waals surface area contributed by atoms with Crippen LogP contribution in [0.3, 0.4) is 0 Å². The van der Waals surface area contributed by atoms with Crippen LogP contribution in [0.2, 0.25) is 0 Å². The van der Waals surface area contributed by atoms with Crippen molar-refractivity contribution in [2.24, 2.45) is 5.73 Å². The Labute approximate surface area is 115 Å².